The summed E-state index contributed by atoms with van der Waals surface area (Å²) in [6, 6.07) is 10.3. The molecule has 6 aliphatic rings. The summed E-state index contributed by atoms with van der Waals surface area (Å²) in [5.74, 6) is -0.646. The van der Waals surface area contributed by atoms with Crippen LogP contribution in [0.2, 0.25) is 0 Å². The number of methoxy groups -OCH3 is 1. The number of rotatable bonds is 8. The molecule has 2 atom stereocenters. The Labute approximate surface area is 299 Å². The average Bonchev–Trinajstić information content (AvgIpc) is 3.88. The molecule has 5 aliphatic heterocycles. The average molecular weight is 682 g/mol. The number of nitrogens with zero attached hydrogens (tertiary/aromatic N) is 3. The van der Waals surface area contributed by atoms with Crippen molar-refractivity contribution >= 4 is 35.1 Å². The number of esters is 1. The molecule has 51 heavy (non-hydrogen) atoms. The van der Waals surface area contributed by atoms with Crippen LogP contribution in [0, 0.1) is 11.8 Å². The summed E-state index contributed by atoms with van der Waals surface area (Å²) in [6.45, 7) is 12.0. The second-order valence-corrected chi connectivity index (χ2v) is 13.6. The fourth-order valence-electron chi connectivity index (χ4n) is 7.70. The summed E-state index contributed by atoms with van der Waals surface area (Å²) in [5.41, 5.74) is 19.3. The summed E-state index contributed by atoms with van der Waals surface area (Å²) in [6.07, 6.45) is 12.8. The zero-order chi connectivity index (χ0) is 36.0. The van der Waals surface area contributed by atoms with Gasteiger partial charge in [-0.2, -0.15) is 0 Å². The Kier molecular flexibility index (Phi) is 9.06. The number of allylic oxidation sites excluding steroid dienone is 12. The predicted molar refractivity (Wildman–Crippen MR) is 201 cm³/mol. The zero-order valence-electron chi connectivity index (χ0n) is 30.2. The second kappa shape index (κ2) is 13.6. The van der Waals surface area contributed by atoms with Gasteiger partial charge in [-0.05, 0) is 79.7 Å². The first kappa shape index (κ1) is 33.9. The van der Waals surface area contributed by atoms with Crippen molar-refractivity contribution in [2.45, 2.75) is 67.2 Å². The fraction of sp³-hybridized carbons (Fsp3) is 0.310. The normalized spacial score (nSPS) is 22.3. The van der Waals surface area contributed by atoms with Crippen LogP contribution in [0.15, 0.2) is 143 Å². The number of hydrogen-bond acceptors (Lipinski definition) is 9. The van der Waals surface area contributed by atoms with Crippen LogP contribution in [0.25, 0.3) is 6.08 Å². The first-order valence-corrected chi connectivity index (χ1v) is 17.6. The maximum Gasteiger partial charge on any atom is 0.329 e. The van der Waals surface area contributed by atoms with Crippen molar-refractivity contribution in [1.82, 2.24) is 10.8 Å². The van der Waals surface area contributed by atoms with E-state index in [1.54, 1.807) is 0 Å². The molecule has 1 aliphatic carbocycles. The summed E-state index contributed by atoms with van der Waals surface area (Å²) >= 11 is 0. The molecule has 0 aromatic heterocycles. The van der Waals surface area contributed by atoms with E-state index in [0.717, 1.165) is 96.7 Å². The minimum atomic E-state index is -0.430. The van der Waals surface area contributed by atoms with Crippen molar-refractivity contribution in [3.8, 4) is 0 Å². The molecule has 2 N–H and O–H groups in total. The van der Waals surface area contributed by atoms with Gasteiger partial charge < -0.3 is 14.9 Å². The van der Waals surface area contributed by atoms with E-state index in [-0.39, 0.29) is 24.2 Å². The van der Waals surface area contributed by atoms with Crippen molar-refractivity contribution in [3.63, 3.8) is 0 Å². The highest BCUT2D eigenvalue weighted by Gasteiger charge is 2.41. The lowest BCUT2D eigenvalue weighted by Crippen LogP contribution is -2.18. The molecule has 1 aromatic carbocycles. The summed E-state index contributed by atoms with van der Waals surface area (Å²) in [4.78, 5) is 45.3. The van der Waals surface area contributed by atoms with Gasteiger partial charge in [0.2, 0.25) is 0 Å². The van der Waals surface area contributed by atoms with Gasteiger partial charge in [-0.1, -0.05) is 56.3 Å². The number of hydroxylamine groups is 1. The molecule has 260 valence electrons. The Morgan fingerprint density at radius 2 is 1.71 bits per heavy atom. The Hall–Kier alpha value is -5.57. The molecule has 5 heterocycles. The van der Waals surface area contributed by atoms with Crippen molar-refractivity contribution in [3.05, 3.63) is 133 Å². The van der Waals surface area contributed by atoms with Crippen molar-refractivity contribution in [2.75, 3.05) is 7.11 Å². The van der Waals surface area contributed by atoms with Gasteiger partial charge in [-0.3, -0.25) is 9.59 Å². The Morgan fingerprint density at radius 3 is 2.43 bits per heavy atom. The number of benzene rings is 1. The van der Waals surface area contributed by atoms with Crippen molar-refractivity contribution in [1.29, 1.82) is 0 Å². The lowest BCUT2D eigenvalue weighted by molar-refractivity contribution is -0.146. The first-order chi connectivity index (χ1) is 24.6. The highest BCUT2D eigenvalue weighted by Crippen LogP contribution is 2.46. The smallest absolute Gasteiger partial charge is 0.329 e. The molecule has 0 unspecified atom stereocenters. The van der Waals surface area contributed by atoms with Crippen LogP contribution < -0.4 is 10.8 Å². The monoisotopic (exact) mass is 681 g/mol. The molecule has 1 aromatic rings. The first-order valence-electron chi connectivity index (χ1n) is 17.6. The number of ether oxygens (including phenoxy) is 1. The molecule has 8 bridgehead atoms. The molecule has 0 spiro atoms. The topological polar surface area (TPSA) is 114 Å². The molecular formula is C42H43N5O4. The molecule has 9 heteroatoms. The van der Waals surface area contributed by atoms with E-state index >= 15 is 0 Å². The van der Waals surface area contributed by atoms with E-state index in [1.807, 2.05) is 18.2 Å². The summed E-state index contributed by atoms with van der Waals surface area (Å²) in [5, 5.41) is 3.79. The van der Waals surface area contributed by atoms with Crippen LogP contribution in [0.5, 0.6) is 0 Å². The molecule has 1 fully saturated rings. The van der Waals surface area contributed by atoms with Crippen LogP contribution in [-0.2, 0) is 19.2 Å². The van der Waals surface area contributed by atoms with Gasteiger partial charge >= 0.3 is 11.9 Å². The van der Waals surface area contributed by atoms with Crippen LogP contribution in [0.3, 0.4) is 0 Å². The van der Waals surface area contributed by atoms with Crippen LogP contribution in [-0.4, -0.2) is 36.2 Å². The van der Waals surface area contributed by atoms with Crippen LogP contribution in [0.4, 0.5) is 0 Å². The highest BCUT2D eigenvalue weighted by atomic mass is 16.7. The van der Waals surface area contributed by atoms with E-state index in [0.29, 0.717) is 12.8 Å². The maximum atomic E-state index is 12.4. The number of fused-ring (bicyclic) bond motifs is 5. The number of hydrogen-bond donors (Lipinski definition) is 2. The molecule has 0 amide bonds. The van der Waals surface area contributed by atoms with E-state index in [9.17, 15) is 9.59 Å². The van der Waals surface area contributed by atoms with E-state index in [2.05, 4.69) is 87.9 Å². The standard InChI is InChI=1S/C42H43N5O4/c1-8-28-22(2)33-20-37-29(15-14-27-12-10-9-11-13-27)23(3)32(44-37)19-34-24(4)30(16-17-39(49)50-7)41(45-34)31-18-38(47-51-26(6)48)40-25(5)35(46-42(31)40)21-36(28)43-33/h9-15,19-21,24,30,45,47H,8,16-18H2,1-7H3/b15-14+,34-19?,36-21?,37-20?,41-31?/t24-,30-/m0/s1. The fourth-order valence-corrected chi connectivity index (χ4v) is 7.70. The van der Waals surface area contributed by atoms with Gasteiger partial charge in [0.1, 0.15) is 0 Å². The summed E-state index contributed by atoms with van der Waals surface area (Å²) < 4.78 is 5.05. The van der Waals surface area contributed by atoms with Gasteiger partial charge in [0, 0.05) is 59.7 Å². The Bertz CT molecular complexity index is 2140. The molecule has 0 radical (unpaired) electrons. The highest BCUT2D eigenvalue weighted by molar-refractivity contribution is 6.21. The van der Waals surface area contributed by atoms with Gasteiger partial charge in [-0.25, -0.2) is 20.5 Å². The summed E-state index contributed by atoms with van der Waals surface area (Å²) in [7, 11) is 1.42. The zero-order valence-corrected chi connectivity index (χ0v) is 30.2. The van der Waals surface area contributed by atoms with E-state index in [4.69, 9.17) is 24.6 Å². The lowest BCUT2D eigenvalue weighted by Gasteiger charge is -2.17. The van der Waals surface area contributed by atoms with Gasteiger partial charge in [0.05, 0.1) is 47.0 Å². The Balaban J connectivity index is 1.44. The molecule has 9 nitrogen and oxygen atoms in total. The predicted octanol–water partition coefficient (Wildman–Crippen LogP) is 7.83. The minimum absolute atomic E-state index is 0.0154. The molecule has 0 saturated carbocycles. The molecule has 7 rings (SSSR count). The van der Waals surface area contributed by atoms with E-state index < -0.39 is 5.97 Å². The molecular weight excluding hydrogens is 638 g/mol. The van der Waals surface area contributed by atoms with Crippen LogP contribution in [0.1, 0.15) is 72.8 Å². The number of carbonyl (C=O) groups excluding carboxylic acids is 2. The Morgan fingerprint density at radius 1 is 0.961 bits per heavy atom. The van der Waals surface area contributed by atoms with Crippen molar-refractivity contribution in [2.24, 2.45) is 26.8 Å². The van der Waals surface area contributed by atoms with Crippen molar-refractivity contribution < 1.29 is 19.2 Å². The third-order valence-corrected chi connectivity index (χ3v) is 10.6. The maximum absolute atomic E-state index is 12.4. The third-order valence-electron chi connectivity index (χ3n) is 10.6. The largest absolute Gasteiger partial charge is 0.469 e. The van der Waals surface area contributed by atoms with Crippen LogP contribution >= 0.6 is 0 Å². The van der Waals surface area contributed by atoms with Gasteiger partial charge in [0.15, 0.2) is 0 Å². The van der Waals surface area contributed by atoms with E-state index in [1.165, 1.54) is 19.6 Å². The second-order valence-electron chi connectivity index (χ2n) is 13.6. The third kappa shape index (κ3) is 6.22. The van der Waals surface area contributed by atoms with Gasteiger partial charge in [0.25, 0.3) is 0 Å². The number of carbonyl (C=O) groups is 2. The number of nitrogens with one attached hydrogen (secondary N) is 2. The number of aliphatic imine (C=N–C) groups is 3. The molecule has 1 saturated heterocycles. The quantitative estimate of drug-likeness (QED) is 0.214. The lowest BCUT2D eigenvalue weighted by atomic mass is 9.86. The minimum Gasteiger partial charge on any atom is -0.469 e. The SMILES string of the molecule is CCC1=C(C)C2=NC1=CC1=C(C)C3=C(NOC(C)=O)CC(=C4NC(=CC5=NC(=C2)C(/C=C/c2ccccc2)=C5C)[C@@H](C)[C@@H]4CCC(=O)OC)C3=N1. The van der Waals surface area contributed by atoms with Gasteiger partial charge in [-0.15, -0.1) is 0 Å².